The number of carbonyl (C=O) groups is 1. The largest absolute Gasteiger partial charge is 0.506 e. The Kier molecular flexibility index (Phi) is 6.09. The molecular weight excluding hydrogens is 480 g/mol. The van der Waals surface area contributed by atoms with Gasteiger partial charge in [-0.3, -0.25) is 4.55 Å². The molecule has 172 valence electrons. The van der Waals surface area contributed by atoms with Gasteiger partial charge in [-0.1, -0.05) is 48.0 Å². The van der Waals surface area contributed by atoms with E-state index in [1.807, 2.05) is 0 Å². The maximum atomic E-state index is 11.7. The number of nitrogens with zero attached hydrogens (tertiary/aromatic N) is 2. The molecule has 3 N–H and O–H groups in total. The van der Waals surface area contributed by atoms with Crippen LogP contribution in [0.15, 0.2) is 81.9 Å². The first-order valence-electron chi connectivity index (χ1n) is 9.84. The van der Waals surface area contributed by atoms with Crippen LogP contribution in [0.2, 0.25) is 5.02 Å². The van der Waals surface area contributed by atoms with E-state index in [0.717, 1.165) is 0 Å². The Bertz CT molecular complexity index is 1580. The predicted octanol–water partition coefficient (Wildman–Crippen LogP) is 6.53. The van der Waals surface area contributed by atoms with E-state index in [4.69, 9.17) is 11.6 Å². The summed E-state index contributed by atoms with van der Waals surface area (Å²) in [4.78, 5) is 11.2. The van der Waals surface area contributed by atoms with Crippen molar-refractivity contribution in [3.8, 4) is 16.9 Å². The third-order valence-corrected chi connectivity index (χ3v) is 6.49. The Morgan fingerprint density at radius 3 is 2.29 bits per heavy atom. The number of rotatable bonds is 5. The number of hydrogen-bond donors (Lipinski definition) is 3. The molecule has 0 radical (unpaired) electrons. The number of aromatic hydroxyl groups is 1. The molecule has 0 heterocycles. The molecule has 4 aromatic rings. The molecule has 8 nitrogen and oxygen atoms in total. The predicted molar refractivity (Wildman–Crippen MR) is 128 cm³/mol. The average molecular weight is 497 g/mol. The summed E-state index contributed by atoms with van der Waals surface area (Å²) in [6.07, 6.45) is 0. The number of azo groups is 1. The number of phenols is 1. The second-order valence-electron chi connectivity index (χ2n) is 7.47. The van der Waals surface area contributed by atoms with Gasteiger partial charge in [-0.2, -0.15) is 13.5 Å². The highest BCUT2D eigenvalue weighted by Gasteiger charge is 2.19. The third kappa shape index (κ3) is 4.49. The van der Waals surface area contributed by atoms with E-state index in [0.29, 0.717) is 33.2 Å². The number of hydrogen-bond acceptors (Lipinski definition) is 6. The van der Waals surface area contributed by atoms with E-state index in [9.17, 15) is 28.0 Å². The van der Waals surface area contributed by atoms with Crippen molar-refractivity contribution < 1.29 is 28.0 Å². The zero-order chi connectivity index (χ0) is 24.6. The van der Waals surface area contributed by atoms with Gasteiger partial charge in [0.2, 0.25) is 0 Å². The second-order valence-corrected chi connectivity index (χ2v) is 9.26. The molecule has 0 saturated heterocycles. The van der Waals surface area contributed by atoms with E-state index >= 15 is 0 Å². The molecule has 0 spiro atoms. The number of aromatic carboxylic acids is 1. The van der Waals surface area contributed by atoms with Crippen LogP contribution in [0.4, 0.5) is 11.4 Å². The topological polar surface area (TPSA) is 137 Å². The van der Waals surface area contributed by atoms with Gasteiger partial charge in [0.1, 0.15) is 21.9 Å². The molecule has 4 aromatic carbocycles. The Balaban J connectivity index is 1.76. The van der Waals surface area contributed by atoms with Gasteiger partial charge in [-0.05, 0) is 59.2 Å². The minimum Gasteiger partial charge on any atom is -0.506 e. The highest BCUT2D eigenvalue weighted by atomic mass is 35.5. The Morgan fingerprint density at radius 2 is 1.65 bits per heavy atom. The van der Waals surface area contributed by atoms with E-state index in [2.05, 4.69) is 10.2 Å². The average Bonchev–Trinajstić information content (AvgIpc) is 2.79. The van der Waals surface area contributed by atoms with Crippen molar-refractivity contribution in [2.45, 2.75) is 11.8 Å². The summed E-state index contributed by atoms with van der Waals surface area (Å²) in [5.74, 6) is -1.60. The van der Waals surface area contributed by atoms with Crippen molar-refractivity contribution in [3.05, 3.63) is 82.9 Å². The third-order valence-electron chi connectivity index (χ3n) is 5.20. The normalized spacial score (nSPS) is 11.9. The summed E-state index contributed by atoms with van der Waals surface area (Å²) in [6, 6.07) is 17.4. The second kappa shape index (κ2) is 8.86. The van der Waals surface area contributed by atoms with Crippen LogP contribution in [-0.2, 0) is 10.1 Å². The van der Waals surface area contributed by atoms with Crippen LogP contribution < -0.4 is 0 Å². The quantitative estimate of drug-likeness (QED) is 0.212. The molecule has 10 heteroatoms. The van der Waals surface area contributed by atoms with Crippen molar-refractivity contribution in [1.29, 1.82) is 0 Å². The smallest absolute Gasteiger partial charge is 0.339 e. The fourth-order valence-corrected chi connectivity index (χ4v) is 4.38. The van der Waals surface area contributed by atoms with Crippen LogP contribution in [0.5, 0.6) is 5.75 Å². The number of halogens is 1. The van der Waals surface area contributed by atoms with Crippen molar-refractivity contribution in [1.82, 2.24) is 0 Å². The summed E-state index contributed by atoms with van der Waals surface area (Å²) >= 11 is 6.06. The minimum atomic E-state index is -4.54. The molecule has 0 aliphatic carbocycles. The number of aryl methyl sites for hydroxylation is 1. The first-order chi connectivity index (χ1) is 16.1. The molecular formula is C24H17ClN2O6S. The van der Waals surface area contributed by atoms with Gasteiger partial charge in [0, 0.05) is 10.6 Å². The van der Waals surface area contributed by atoms with Gasteiger partial charge in [0.05, 0.1) is 5.69 Å². The lowest BCUT2D eigenvalue weighted by Gasteiger charge is -2.12. The zero-order valence-corrected chi connectivity index (χ0v) is 19.2. The van der Waals surface area contributed by atoms with Gasteiger partial charge in [-0.15, -0.1) is 5.11 Å². The van der Waals surface area contributed by atoms with Crippen LogP contribution in [0.3, 0.4) is 0 Å². The standard InChI is InChI=1S/C24H17ClN2O6S/c1-13-10-21(34(31,32)33)20(12-19(13)25)27-26-16-8-6-14(7-9-16)22-17-5-3-2-4-15(17)11-18(23(22)28)24(29)30/h2-12,28H,1H3,(H,29,30)(H,31,32,33). The molecule has 0 aromatic heterocycles. The minimum absolute atomic E-state index is 0.125. The maximum Gasteiger partial charge on any atom is 0.339 e. The van der Waals surface area contributed by atoms with Crippen molar-refractivity contribution in [2.75, 3.05) is 0 Å². The Morgan fingerprint density at radius 1 is 0.971 bits per heavy atom. The number of benzene rings is 4. The van der Waals surface area contributed by atoms with E-state index < -0.39 is 21.0 Å². The van der Waals surface area contributed by atoms with Gasteiger partial charge in [0.15, 0.2) is 0 Å². The van der Waals surface area contributed by atoms with E-state index in [1.165, 1.54) is 18.2 Å². The molecule has 0 bridgehead atoms. The van der Waals surface area contributed by atoms with Crippen molar-refractivity contribution in [3.63, 3.8) is 0 Å². The van der Waals surface area contributed by atoms with Gasteiger partial charge in [0.25, 0.3) is 10.1 Å². The van der Waals surface area contributed by atoms with E-state index in [-0.39, 0.29) is 22.0 Å². The maximum absolute atomic E-state index is 11.7. The van der Waals surface area contributed by atoms with E-state index in [1.54, 1.807) is 55.5 Å². The lowest BCUT2D eigenvalue weighted by Crippen LogP contribution is -1.99. The Labute approximate surface area is 199 Å². The van der Waals surface area contributed by atoms with Crippen molar-refractivity contribution >= 4 is 49.8 Å². The van der Waals surface area contributed by atoms with Crippen LogP contribution in [0.1, 0.15) is 15.9 Å². The first kappa shape index (κ1) is 23.4. The highest BCUT2D eigenvalue weighted by Crippen LogP contribution is 2.40. The number of carboxylic acids is 1. The van der Waals surface area contributed by atoms with Crippen molar-refractivity contribution in [2.24, 2.45) is 10.2 Å². The summed E-state index contributed by atoms with van der Waals surface area (Å²) in [6.45, 7) is 1.59. The lowest BCUT2D eigenvalue weighted by atomic mass is 9.94. The van der Waals surface area contributed by atoms with Crippen LogP contribution in [-0.4, -0.2) is 29.2 Å². The lowest BCUT2D eigenvalue weighted by molar-refractivity contribution is 0.0694. The summed E-state index contributed by atoms with van der Waals surface area (Å²) in [5, 5.41) is 29.7. The number of fused-ring (bicyclic) bond motifs is 1. The molecule has 0 saturated carbocycles. The molecule has 0 aliphatic rings. The summed E-state index contributed by atoms with van der Waals surface area (Å²) in [5.41, 5.74) is 1.37. The Hall–Kier alpha value is -3.79. The molecule has 4 rings (SSSR count). The molecule has 0 aliphatic heterocycles. The van der Waals surface area contributed by atoms with Crippen LogP contribution in [0.25, 0.3) is 21.9 Å². The fourth-order valence-electron chi connectivity index (χ4n) is 3.53. The van der Waals surface area contributed by atoms with Crippen LogP contribution in [0, 0.1) is 6.92 Å². The van der Waals surface area contributed by atoms with Gasteiger partial charge < -0.3 is 10.2 Å². The van der Waals surface area contributed by atoms with Gasteiger partial charge >= 0.3 is 5.97 Å². The molecule has 0 unspecified atom stereocenters. The number of carboxylic acid groups (broad SMARTS) is 1. The SMILES string of the molecule is Cc1cc(S(=O)(=O)O)c(N=Nc2ccc(-c3c(O)c(C(=O)O)cc4ccccc34)cc2)cc1Cl. The van der Waals surface area contributed by atoms with Crippen LogP contribution >= 0.6 is 11.6 Å². The monoisotopic (exact) mass is 496 g/mol. The highest BCUT2D eigenvalue weighted by molar-refractivity contribution is 7.86. The summed E-state index contributed by atoms with van der Waals surface area (Å²) < 4.78 is 32.9. The van der Waals surface area contributed by atoms with Gasteiger partial charge in [-0.25, -0.2) is 4.79 Å². The zero-order valence-electron chi connectivity index (χ0n) is 17.6. The fraction of sp³-hybridized carbons (Fsp3) is 0.0417. The molecule has 0 fully saturated rings. The molecule has 34 heavy (non-hydrogen) atoms. The summed E-state index contributed by atoms with van der Waals surface area (Å²) in [7, 11) is -4.54. The molecule has 0 atom stereocenters. The first-order valence-corrected chi connectivity index (χ1v) is 11.7. The molecule has 0 amide bonds.